The second-order valence-electron chi connectivity index (χ2n) is 5.64. The molecular formula is C20H15N3O4. The van der Waals surface area contributed by atoms with E-state index in [4.69, 9.17) is 0 Å². The lowest BCUT2D eigenvalue weighted by molar-refractivity contribution is -0.384. The molecule has 2 N–H and O–H groups in total. The number of nitro groups is 1. The molecule has 3 aromatic carbocycles. The van der Waals surface area contributed by atoms with E-state index in [1.807, 2.05) is 42.5 Å². The molecule has 134 valence electrons. The van der Waals surface area contributed by atoms with Crippen LogP contribution in [0.2, 0.25) is 0 Å². The number of phenolic OH excluding ortho intramolecular Hbond substituents is 1. The molecule has 0 heterocycles. The average molecular weight is 361 g/mol. The predicted molar refractivity (Wildman–Crippen MR) is 102 cm³/mol. The van der Waals surface area contributed by atoms with Crippen molar-refractivity contribution >= 4 is 17.8 Å². The maximum absolute atomic E-state index is 12.1. The monoisotopic (exact) mass is 361 g/mol. The maximum Gasteiger partial charge on any atom is 0.271 e. The lowest BCUT2D eigenvalue weighted by Crippen LogP contribution is -2.17. The lowest BCUT2D eigenvalue weighted by Gasteiger charge is -2.04. The fraction of sp³-hybridized carbons (Fsp3) is 0. The molecule has 0 bridgehead atoms. The number of hydrogen-bond donors (Lipinski definition) is 2. The molecule has 3 rings (SSSR count). The van der Waals surface area contributed by atoms with E-state index in [-0.39, 0.29) is 17.0 Å². The topological polar surface area (TPSA) is 105 Å². The Balaban J connectivity index is 1.68. The van der Waals surface area contributed by atoms with Gasteiger partial charge in [0.15, 0.2) is 0 Å². The van der Waals surface area contributed by atoms with Gasteiger partial charge in [-0.15, -0.1) is 0 Å². The van der Waals surface area contributed by atoms with Gasteiger partial charge in [-0.1, -0.05) is 42.5 Å². The van der Waals surface area contributed by atoms with E-state index in [9.17, 15) is 20.0 Å². The summed E-state index contributed by atoms with van der Waals surface area (Å²) < 4.78 is 0. The number of non-ortho nitro benzene ring substituents is 1. The van der Waals surface area contributed by atoms with Crippen molar-refractivity contribution in [1.82, 2.24) is 5.43 Å². The summed E-state index contributed by atoms with van der Waals surface area (Å²) in [5, 5.41) is 24.2. The summed E-state index contributed by atoms with van der Waals surface area (Å²) in [5.74, 6) is -0.610. The van der Waals surface area contributed by atoms with Crippen molar-refractivity contribution in [3.8, 4) is 16.9 Å². The zero-order chi connectivity index (χ0) is 19.2. The summed E-state index contributed by atoms with van der Waals surface area (Å²) in [6.45, 7) is 0. The first-order chi connectivity index (χ1) is 13.0. The molecule has 0 aliphatic carbocycles. The summed E-state index contributed by atoms with van der Waals surface area (Å²) in [5.41, 5.74) is 4.72. The SMILES string of the molecule is O=C(N/N=C/c1cc([N+](=O)[O-])ccc1O)c1ccc(-c2ccccc2)cc1. The van der Waals surface area contributed by atoms with E-state index >= 15 is 0 Å². The molecule has 7 nitrogen and oxygen atoms in total. The van der Waals surface area contributed by atoms with Crippen LogP contribution in [0.4, 0.5) is 5.69 Å². The highest BCUT2D eigenvalue weighted by molar-refractivity contribution is 5.95. The normalized spacial score (nSPS) is 10.7. The van der Waals surface area contributed by atoms with E-state index < -0.39 is 10.8 Å². The van der Waals surface area contributed by atoms with Crippen molar-refractivity contribution in [3.63, 3.8) is 0 Å². The fourth-order valence-corrected chi connectivity index (χ4v) is 2.43. The van der Waals surface area contributed by atoms with Crippen LogP contribution in [0, 0.1) is 10.1 Å². The van der Waals surface area contributed by atoms with Gasteiger partial charge in [-0.25, -0.2) is 5.43 Å². The van der Waals surface area contributed by atoms with Crippen LogP contribution in [0.3, 0.4) is 0 Å². The van der Waals surface area contributed by atoms with E-state index in [1.54, 1.807) is 12.1 Å². The zero-order valence-corrected chi connectivity index (χ0v) is 14.1. The van der Waals surface area contributed by atoms with Gasteiger partial charge in [-0.05, 0) is 29.3 Å². The number of nitrogens with one attached hydrogen (secondary N) is 1. The number of carbonyl (C=O) groups excluding carboxylic acids is 1. The number of nitro benzene ring substituents is 1. The molecule has 0 aromatic heterocycles. The Kier molecular flexibility index (Phi) is 5.22. The fourth-order valence-electron chi connectivity index (χ4n) is 2.43. The van der Waals surface area contributed by atoms with Crippen molar-refractivity contribution in [3.05, 3.63) is 94.0 Å². The molecule has 27 heavy (non-hydrogen) atoms. The van der Waals surface area contributed by atoms with Crippen molar-refractivity contribution < 1.29 is 14.8 Å². The molecule has 0 saturated heterocycles. The number of phenols is 1. The molecule has 0 aliphatic rings. The first kappa shape index (κ1) is 17.8. The minimum Gasteiger partial charge on any atom is -0.507 e. The number of hydrazone groups is 1. The molecule has 0 saturated carbocycles. The van der Waals surface area contributed by atoms with Crippen molar-refractivity contribution in [2.75, 3.05) is 0 Å². The summed E-state index contributed by atoms with van der Waals surface area (Å²) in [6.07, 6.45) is 1.15. The number of rotatable bonds is 5. The van der Waals surface area contributed by atoms with E-state index in [2.05, 4.69) is 10.5 Å². The van der Waals surface area contributed by atoms with Gasteiger partial charge >= 0.3 is 0 Å². The first-order valence-corrected chi connectivity index (χ1v) is 8.01. The van der Waals surface area contributed by atoms with Crippen LogP contribution in [-0.2, 0) is 0 Å². The summed E-state index contributed by atoms with van der Waals surface area (Å²) in [4.78, 5) is 22.3. The number of amides is 1. The van der Waals surface area contributed by atoms with Crippen molar-refractivity contribution in [2.24, 2.45) is 5.10 Å². The van der Waals surface area contributed by atoms with Crippen LogP contribution in [0.1, 0.15) is 15.9 Å². The van der Waals surface area contributed by atoms with Gasteiger partial charge < -0.3 is 5.11 Å². The van der Waals surface area contributed by atoms with Crippen LogP contribution in [0.5, 0.6) is 5.75 Å². The Morgan fingerprint density at radius 3 is 2.33 bits per heavy atom. The number of benzene rings is 3. The highest BCUT2D eigenvalue weighted by Crippen LogP contribution is 2.21. The van der Waals surface area contributed by atoms with Crippen LogP contribution < -0.4 is 5.43 Å². The maximum atomic E-state index is 12.1. The van der Waals surface area contributed by atoms with Gasteiger partial charge in [0.05, 0.1) is 11.1 Å². The Morgan fingerprint density at radius 1 is 1.00 bits per heavy atom. The smallest absolute Gasteiger partial charge is 0.271 e. The quantitative estimate of drug-likeness (QED) is 0.410. The van der Waals surface area contributed by atoms with E-state index in [0.717, 1.165) is 17.3 Å². The molecular weight excluding hydrogens is 346 g/mol. The number of nitrogens with zero attached hydrogens (tertiary/aromatic N) is 2. The van der Waals surface area contributed by atoms with Gasteiger partial charge in [0.1, 0.15) is 5.75 Å². The summed E-state index contributed by atoms with van der Waals surface area (Å²) >= 11 is 0. The lowest BCUT2D eigenvalue weighted by atomic mass is 10.0. The molecule has 1 amide bonds. The van der Waals surface area contributed by atoms with E-state index in [0.29, 0.717) is 5.56 Å². The third-order valence-electron chi connectivity index (χ3n) is 3.85. The van der Waals surface area contributed by atoms with Crippen LogP contribution in [-0.4, -0.2) is 22.2 Å². The van der Waals surface area contributed by atoms with Gasteiger partial charge in [0.25, 0.3) is 11.6 Å². The zero-order valence-electron chi connectivity index (χ0n) is 14.1. The van der Waals surface area contributed by atoms with Gasteiger partial charge in [-0.3, -0.25) is 14.9 Å². The predicted octanol–water partition coefficient (Wildman–Crippen LogP) is 3.73. The second kappa shape index (κ2) is 7.92. The molecule has 0 radical (unpaired) electrons. The Labute approximate surface area is 154 Å². The highest BCUT2D eigenvalue weighted by Gasteiger charge is 2.09. The largest absolute Gasteiger partial charge is 0.507 e. The van der Waals surface area contributed by atoms with Crippen LogP contribution in [0.15, 0.2) is 77.9 Å². The Morgan fingerprint density at radius 2 is 1.67 bits per heavy atom. The average Bonchev–Trinajstić information content (AvgIpc) is 2.70. The molecule has 0 aliphatic heterocycles. The summed E-state index contributed by atoms with van der Waals surface area (Å²) in [6, 6.07) is 20.3. The first-order valence-electron chi connectivity index (χ1n) is 8.01. The molecule has 7 heteroatoms. The third kappa shape index (κ3) is 4.35. The minimum absolute atomic E-state index is 0.129. The molecule has 0 fully saturated rings. The highest BCUT2D eigenvalue weighted by atomic mass is 16.6. The second-order valence-corrected chi connectivity index (χ2v) is 5.64. The molecule has 0 unspecified atom stereocenters. The minimum atomic E-state index is -0.580. The van der Waals surface area contributed by atoms with Crippen LogP contribution in [0.25, 0.3) is 11.1 Å². The Hall–Kier alpha value is -4.00. The number of carbonyl (C=O) groups is 1. The Bertz CT molecular complexity index is 999. The summed E-state index contributed by atoms with van der Waals surface area (Å²) in [7, 11) is 0. The van der Waals surface area contributed by atoms with Crippen molar-refractivity contribution in [1.29, 1.82) is 0 Å². The number of hydrogen-bond acceptors (Lipinski definition) is 5. The standard InChI is InChI=1S/C20H15N3O4/c24-19-11-10-18(23(26)27)12-17(19)13-21-22-20(25)16-8-6-15(7-9-16)14-4-2-1-3-5-14/h1-13,24H,(H,22,25)/b21-13+. The van der Waals surface area contributed by atoms with Crippen molar-refractivity contribution in [2.45, 2.75) is 0 Å². The number of aromatic hydroxyl groups is 1. The van der Waals surface area contributed by atoms with Gasteiger partial charge in [-0.2, -0.15) is 5.10 Å². The van der Waals surface area contributed by atoms with E-state index in [1.165, 1.54) is 18.2 Å². The molecule has 0 spiro atoms. The molecule has 0 atom stereocenters. The third-order valence-corrected chi connectivity index (χ3v) is 3.85. The van der Waals surface area contributed by atoms with Gasteiger partial charge in [0, 0.05) is 23.3 Å². The molecule has 3 aromatic rings. The van der Waals surface area contributed by atoms with Crippen LogP contribution >= 0.6 is 0 Å². The van der Waals surface area contributed by atoms with Gasteiger partial charge in [0.2, 0.25) is 0 Å².